The Hall–Kier alpha value is -1.70. The second-order valence-corrected chi connectivity index (χ2v) is 8.73. The third-order valence-corrected chi connectivity index (χ3v) is 6.03. The first-order chi connectivity index (χ1) is 14.6. The lowest BCUT2D eigenvalue weighted by molar-refractivity contribution is 0.0170. The monoisotopic (exact) mass is 419 g/mol. The number of rotatable bonds is 8. The molecular weight excluding hydrogens is 381 g/mol. The van der Waals surface area contributed by atoms with Gasteiger partial charge in [0.05, 0.1) is 19.3 Å². The van der Waals surface area contributed by atoms with Crippen molar-refractivity contribution in [1.29, 1.82) is 0 Å². The average molecular weight is 420 g/mol. The Kier molecular flexibility index (Phi) is 8.90. The van der Waals surface area contributed by atoms with E-state index in [1.54, 1.807) is 12.1 Å². The number of hydrogen-bond acceptors (Lipinski definition) is 4. The zero-order valence-corrected chi connectivity index (χ0v) is 18.7. The molecule has 0 bridgehead atoms. The smallest absolute Gasteiger partial charge is 0.191 e. The van der Waals surface area contributed by atoms with Gasteiger partial charge in [-0.05, 0) is 43.0 Å². The Morgan fingerprint density at radius 1 is 1.17 bits per heavy atom. The Morgan fingerprint density at radius 3 is 2.57 bits per heavy atom. The maximum absolute atomic E-state index is 13.4. The lowest BCUT2D eigenvalue weighted by Crippen LogP contribution is -2.48. The quantitative estimate of drug-likeness (QED) is 0.501. The highest BCUT2D eigenvalue weighted by Gasteiger charge is 2.26. The SMILES string of the molecule is CN=C(NCC(c1ccc(F)cc1)N1CCOCC1)NC[C@H]1CCCN1CC(C)C. The van der Waals surface area contributed by atoms with Gasteiger partial charge in [0.25, 0.3) is 0 Å². The van der Waals surface area contributed by atoms with Gasteiger partial charge in [-0.25, -0.2) is 4.39 Å². The fraction of sp³-hybridized carbons (Fsp3) is 0.696. The first kappa shape index (κ1) is 23.0. The molecule has 168 valence electrons. The molecule has 0 aliphatic carbocycles. The lowest BCUT2D eigenvalue weighted by atomic mass is 10.0. The molecule has 2 fully saturated rings. The van der Waals surface area contributed by atoms with Crippen molar-refractivity contribution in [3.05, 3.63) is 35.6 Å². The Morgan fingerprint density at radius 2 is 1.90 bits per heavy atom. The number of halogens is 1. The lowest BCUT2D eigenvalue weighted by Gasteiger charge is -2.35. The fourth-order valence-electron chi connectivity index (χ4n) is 4.50. The molecule has 0 spiro atoms. The van der Waals surface area contributed by atoms with E-state index in [2.05, 4.69) is 39.3 Å². The third-order valence-electron chi connectivity index (χ3n) is 6.03. The highest BCUT2D eigenvalue weighted by Crippen LogP contribution is 2.22. The minimum atomic E-state index is -0.201. The van der Waals surface area contributed by atoms with Crippen LogP contribution in [0.2, 0.25) is 0 Å². The van der Waals surface area contributed by atoms with Crippen molar-refractivity contribution in [1.82, 2.24) is 20.4 Å². The Bertz CT molecular complexity index is 660. The largest absolute Gasteiger partial charge is 0.379 e. The number of morpholine rings is 1. The number of guanidine groups is 1. The molecule has 7 heteroatoms. The summed E-state index contributed by atoms with van der Waals surface area (Å²) in [5.41, 5.74) is 1.11. The van der Waals surface area contributed by atoms with Crippen LogP contribution in [-0.4, -0.2) is 81.3 Å². The van der Waals surface area contributed by atoms with Gasteiger partial charge in [0.15, 0.2) is 5.96 Å². The number of aliphatic imine (C=N–C) groups is 1. The first-order valence-corrected chi connectivity index (χ1v) is 11.3. The van der Waals surface area contributed by atoms with E-state index >= 15 is 0 Å². The predicted molar refractivity (Wildman–Crippen MR) is 120 cm³/mol. The second-order valence-electron chi connectivity index (χ2n) is 8.73. The fourth-order valence-corrected chi connectivity index (χ4v) is 4.50. The summed E-state index contributed by atoms with van der Waals surface area (Å²) in [6.45, 7) is 11.8. The van der Waals surface area contributed by atoms with Gasteiger partial charge in [-0.15, -0.1) is 0 Å². The first-order valence-electron chi connectivity index (χ1n) is 11.3. The van der Waals surface area contributed by atoms with E-state index in [1.807, 2.05) is 19.2 Å². The van der Waals surface area contributed by atoms with E-state index in [0.717, 1.165) is 50.9 Å². The minimum absolute atomic E-state index is 0.150. The summed E-state index contributed by atoms with van der Waals surface area (Å²) in [7, 11) is 1.82. The Balaban J connectivity index is 1.56. The molecule has 0 aromatic heterocycles. The predicted octanol–water partition coefficient (Wildman–Crippen LogP) is 2.48. The summed E-state index contributed by atoms with van der Waals surface area (Å²) in [6.07, 6.45) is 2.51. The van der Waals surface area contributed by atoms with Crippen LogP contribution >= 0.6 is 0 Å². The summed E-state index contributed by atoms with van der Waals surface area (Å²) in [4.78, 5) is 9.43. The van der Waals surface area contributed by atoms with E-state index in [0.29, 0.717) is 18.5 Å². The van der Waals surface area contributed by atoms with Gasteiger partial charge in [0, 0.05) is 45.8 Å². The normalized spacial score (nSPS) is 22.4. The van der Waals surface area contributed by atoms with E-state index in [9.17, 15) is 4.39 Å². The second kappa shape index (κ2) is 11.6. The van der Waals surface area contributed by atoms with Gasteiger partial charge in [-0.3, -0.25) is 14.8 Å². The number of nitrogens with zero attached hydrogens (tertiary/aromatic N) is 3. The van der Waals surface area contributed by atoms with Gasteiger partial charge < -0.3 is 15.4 Å². The van der Waals surface area contributed by atoms with E-state index in [1.165, 1.54) is 19.4 Å². The summed E-state index contributed by atoms with van der Waals surface area (Å²) >= 11 is 0. The van der Waals surface area contributed by atoms with Crippen LogP contribution in [0.15, 0.2) is 29.3 Å². The number of ether oxygens (including phenoxy) is 1. The van der Waals surface area contributed by atoms with Crippen molar-refractivity contribution in [2.75, 3.05) is 59.5 Å². The molecule has 2 saturated heterocycles. The van der Waals surface area contributed by atoms with Crippen molar-refractivity contribution < 1.29 is 9.13 Å². The third kappa shape index (κ3) is 6.65. The number of hydrogen-bond donors (Lipinski definition) is 2. The van der Waals surface area contributed by atoms with Crippen LogP contribution in [0.1, 0.15) is 38.3 Å². The van der Waals surface area contributed by atoms with Gasteiger partial charge in [0.1, 0.15) is 5.82 Å². The number of nitrogens with one attached hydrogen (secondary N) is 2. The van der Waals surface area contributed by atoms with Crippen molar-refractivity contribution in [2.45, 2.75) is 38.8 Å². The molecule has 1 aromatic rings. The molecule has 0 radical (unpaired) electrons. The molecule has 6 nitrogen and oxygen atoms in total. The van der Waals surface area contributed by atoms with Crippen LogP contribution in [0, 0.1) is 11.7 Å². The van der Waals surface area contributed by atoms with Crippen molar-refractivity contribution in [3.8, 4) is 0 Å². The topological polar surface area (TPSA) is 52.1 Å². The van der Waals surface area contributed by atoms with Crippen LogP contribution in [0.3, 0.4) is 0 Å². The minimum Gasteiger partial charge on any atom is -0.379 e. The van der Waals surface area contributed by atoms with Gasteiger partial charge in [-0.2, -0.15) is 0 Å². The van der Waals surface area contributed by atoms with Crippen LogP contribution in [0.25, 0.3) is 0 Å². The van der Waals surface area contributed by atoms with Crippen LogP contribution in [-0.2, 0) is 4.74 Å². The van der Waals surface area contributed by atoms with E-state index in [4.69, 9.17) is 4.74 Å². The average Bonchev–Trinajstić information content (AvgIpc) is 3.18. The van der Waals surface area contributed by atoms with E-state index in [-0.39, 0.29) is 11.9 Å². The highest BCUT2D eigenvalue weighted by molar-refractivity contribution is 5.79. The zero-order valence-electron chi connectivity index (χ0n) is 18.7. The maximum atomic E-state index is 13.4. The molecule has 0 amide bonds. The summed E-state index contributed by atoms with van der Waals surface area (Å²) in [5, 5.41) is 7.03. The zero-order chi connectivity index (χ0) is 21.3. The number of likely N-dealkylation sites (tertiary alicyclic amines) is 1. The van der Waals surface area contributed by atoms with Crippen LogP contribution in [0.4, 0.5) is 4.39 Å². The van der Waals surface area contributed by atoms with Gasteiger partial charge in [-0.1, -0.05) is 26.0 Å². The molecule has 2 atom stereocenters. The molecule has 2 N–H and O–H groups in total. The summed E-state index contributed by atoms with van der Waals surface area (Å²) in [5.74, 6) is 1.31. The molecule has 2 aliphatic heterocycles. The molecule has 1 aromatic carbocycles. The summed E-state index contributed by atoms with van der Waals surface area (Å²) < 4.78 is 19.0. The van der Waals surface area contributed by atoms with E-state index < -0.39 is 0 Å². The van der Waals surface area contributed by atoms with Gasteiger partial charge in [0.2, 0.25) is 0 Å². The van der Waals surface area contributed by atoms with Crippen molar-refractivity contribution in [2.24, 2.45) is 10.9 Å². The molecule has 1 unspecified atom stereocenters. The highest BCUT2D eigenvalue weighted by atomic mass is 19.1. The maximum Gasteiger partial charge on any atom is 0.191 e. The summed E-state index contributed by atoms with van der Waals surface area (Å²) in [6, 6.07) is 7.57. The molecule has 30 heavy (non-hydrogen) atoms. The van der Waals surface area contributed by atoms with Gasteiger partial charge >= 0.3 is 0 Å². The van der Waals surface area contributed by atoms with Crippen LogP contribution < -0.4 is 10.6 Å². The number of benzene rings is 1. The van der Waals surface area contributed by atoms with Crippen molar-refractivity contribution >= 4 is 5.96 Å². The standard InChI is InChI=1S/C23H38FN5O/c1-18(2)17-29-10-4-5-21(29)15-26-23(25-3)27-16-22(28-11-13-30-14-12-28)19-6-8-20(24)9-7-19/h6-9,18,21-22H,4-5,10-17H2,1-3H3,(H2,25,26,27)/t21-,22?/m1/s1. The molecule has 2 heterocycles. The molecular formula is C23H38FN5O. The van der Waals surface area contributed by atoms with Crippen molar-refractivity contribution in [3.63, 3.8) is 0 Å². The molecule has 3 rings (SSSR count). The van der Waals surface area contributed by atoms with Crippen LogP contribution in [0.5, 0.6) is 0 Å². The molecule has 2 aliphatic rings. The molecule has 0 saturated carbocycles. The Labute approximate surface area is 180 Å².